The Labute approximate surface area is 98.7 Å². The summed E-state index contributed by atoms with van der Waals surface area (Å²) in [5.74, 6) is -0.0321. The highest BCUT2D eigenvalue weighted by molar-refractivity contribution is 7.14. The van der Waals surface area contributed by atoms with E-state index in [9.17, 15) is 4.79 Å². The molecular formula is C12H14N2OS. The molecular weight excluding hydrogens is 220 g/mol. The van der Waals surface area contributed by atoms with Crippen LogP contribution in [0.1, 0.15) is 32.9 Å². The minimum Gasteiger partial charge on any atom is -0.266 e. The van der Waals surface area contributed by atoms with E-state index in [0.717, 1.165) is 22.7 Å². The van der Waals surface area contributed by atoms with Gasteiger partial charge in [0.05, 0.1) is 10.6 Å². The molecule has 0 atom stereocenters. The van der Waals surface area contributed by atoms with Gasteiger partial charge in [-0.15, -0.1) is 11.3 Å². The third-order valence-corrected chi connectivity index (χ3v) is 3.64. The summed E-state index contributed by atoms with van der Waals surface area (Å²) >= 11 is 1.54. The third-order valence-electron chi connectivity index (χ3n) is 2.42. The second-order valence-electron chi connectivity index (χ2n) is 3.76. The number of carbonyl (C=O) groups excluding carboxylic acids is 1. The summed E-state index contributed by atoms with van der Waals surface area (Å²) in [5, 5.41) is 4.20. The molecule has 2 rings (SSSR count). The predicted octanol–water partition coefficient (Wildman–Crippen LogP) is 2.81. The average Bonchev–Trinajstić information content (AvgIpc) is 2.84. The van der Waals surface area contributed by atoms with Gasteiger partial charge < -0.3 is 0 Å². The van der Waals surface area contributed by atoms with E-state index in [1.807, 2.05) is 32.0 Å². The number of rotatable bonds is 2. The van der Waals surface area contributed by atoms with Crippen LogP contribution in [0, 0.1) is 13.8 Å². The van der Waals surface area contributed by atoms with Crippen molar-refractivity contribution in [2.45, 2.75) is 27.2 Å². The Morgan fingerprint density at radius 3 is 2.69 bits per heavy atom. The van der Waals surface area contributed by atoms with E-state index >= 15 is 0 Å². The second kappa shape index (κ2) is 4.22. The Bertz CT molecular complexity index is 525. The van der Waals surface area contributed by atoms with Gasteiger partial charge in [0, 0.05) is 10.6 Å². The maximum atomic E-state index is 12.1. The minimum absolute atomic E-state index is 0.0321. The lowest BCUT2D eigenvalue weighted by molar-refractivity contribution is 0.0946. The van der Waals surface area contributed by atoms with Crippen LogP contribution < -0.4 is 0 Å². The van der Waals surface area contributed by atoms with Crippen molar-refractivity contribution in [3.8, 4) is 0 Å². The molecule has 0 bridgehead atoms. The molecule has 0 radical (unpaired) electrons. The zero-order chi connectivity index (χ0) is 11.7. The topological polar surface area (TPSA) is 34.9 Å². The van der Waals surface area contributed by atoms with Crippen molar-refractivity contribution in [2.75, 3.05) is 0 Å². The van der Waals surface area contributed by atoms with Crippen LogP contribution in [-0.4, -0.2) is 15.7 Å². The highest BCUT2D eigenvalue weighted by atomic mass is 32.1. The van der Waals surface area contributed by atoms with E-state index in [2.05, 4.69) is 12.0 Å². The smallest absolute Gasteiger partial charge is 0.266 e. The summed E-state index contributed by atoms with van der Waals surface area (Å²) in [7, 11) is 0. The van der Waals surface area contributed by atoms with Gasteiger partial charge in [-0.1, -0.05) is 6.92 Å². The molecule has 2 aromatic rings. The number of carbonyl (C=O) groups is 1. The largest absolute Gasteiger partial charge is 0.288 e. The van der Waals surface area contributed by atoms with Crippen molar-refractivity contribution >= 4 is 17.2 Å². The van der Waals surface area contributed by atoms with Gasteiger partial charge in [0.15, 0.2) is 0 Å². The van der Waals surface area contributed by atoms with Gasteiger partial charge in [-0.2, -0.15) is 5.10 Å². The second-order valence-corrected chi connectivity index (χ2v) is 4.93. The molecule has 0 unspecified atom stereocenters. The molecule has 16 heavy (non-hydrogen) atoms. The molecule has 84 valence electrons. The molecule has 0 aliphatic carbocycles. The molecule has 0 saturated carbocycles. The fraction of sp³-hybridized carbons (Fsp3) is 0.333. The van der Waals surface area contributed by atoms with Crippen LogP contribution in [-0.2, 0) is 6.42 Å². The van der Waals surface area contributed by atoms with Crippen molar-refractivity contribution in [3.05, 3.63) is 39.3 Å². The van der Waals surface area contributed by atoms with E-state index in [1.165, 1.54) is 9.56 Å². The highest BCUT2D eigenvalue weighted by Gasteiger charge is 2.14. The summed E-state index contributed by atoms with van der Waals surface area (Å²) in [4.78, 5) is 14.1. The van der Waals surface area contributed by atoms with Crippen molar-refractivity contribution in [1.82, 2.24) is 9.78 Å². The highest BCUT2D eigenvalue weighted by Crippen LogP contribution is 2.18. The molecule has 2 aromatic heterocycles. The molecule has 0 spiro atoms. The minimum atomic E-state index is -0.0321. The SMILES string of the molecule is CCc1ccc(C(=O)n2nc(C)cc2C)s1. The quantitative estimate of drug-likeness (QED) is 0.801. The molecule has 0 saturated heterocycles. The Kier molecular flexibility index (Phi) is 2.92. The van der Waals surface area contributed by atoms with Gasteiger partial charge in [0.1, 0.15) is 0 Å². The number of nitrogens with zero attached hydrogens (tertiary/aromatic N) is 2. The number of aromatic nitrogens is 2. The number of thiophene rings is 1. The number of hydrogen-bond acceptors (Lipinski definition) is 3. The number of aryl methyl sites for hydroxylation is 3. The van der Waals surface area contributed by atoms with Crippen LogP contribution in [0.2, 0.25) is 0 Å². The molecule has 0 aliphatic rings. The van der Waals surface area contributed by atoms with E-state index < -0.39 is 0 Å². The Morgan fingerprint density at radius 2 is 2.19 bits per heavy atom. The van der Waals surface area contributed by atoms with Gasteiger partial charge in [-0.25, -0.2) is 4.68 Å². The molecule has 0 N–H and O–H groups in total. The summed E-state index contributed by atoms with van der Waals surface area (Å²) in [6.07, 6.45) is 0.967. The molecule has 2 heterocycles. The van der Waals surface area contributed by atoms with Gasteiger partial charge in [0.2, 0.25) is 0 Å². The normalized spacial score (nSPS) is 10.7. The van der Waals surface area contributed by atoms with Gasteiger partial charge in [-0.05, 0) is 38.5 Å². The van der Waals surface area contributed by atoms with Crippen molar-refractivity contribution in [1.29, 1.82) is 0 Å². The Balaban J connectivity index is 2.35. The van der Waals surface area contributed by atoms with Crippen LogP contribution in [0.15, 0.2) is 18.2 Å². The van der Waals surface area contributed by atoms with Crippen molar-refractivity contribution < 1.29 is 4.79 Å². The zero-order valence-corrected chi connectivity index (χ0v) is 10.5. The van der Waals surface area contributed by atoms with Crippen LogP contribution in [0.5, 0.6) is 0 Å². The predicted molar refractivity (Wildman–Crippen MR) is 65.1 cm³/mol. The van der Waals surface area contributed by atoms with E-state index in [4.69, 9.17) is 0 Å². The Morgan fingerprint density at radius 1 is 1.44 bits per heavy atom. The fourth-order valence-electron chi connectivity index (χ4n) is 1.62. The standard InChI is InChI=1S/C12H14N2OS/c1-4-10-5-6-11(16-10)12(15)14-9(3)7-8(2)13-14/h5-7H,4H2,1-3H3. The monoisotopic (exact) mass is 234 g/mol. The van der Waals surface area contributed by atoms with Crippen molar-refractivity contribution in [3.63, 3.8) is 0 Å². The molecule has 0 amide bonds. The first kappa shape index (κ1) is 11.1. The lowest BCUT2D eigenvalue weighted by Gasteiger charge is -1.99. The zero-order valence-electron chi connectivity index (χ0n) is 9.65. The summed E-state index contributed by atoms with van der Waals surface area (Å²) in [6, 6.07) is 5.79. The summed E-state index contributed by atoms with van der Waals surface area (Å²) in [6.45, 7) is 5.87. The maximum Gasteiger partial charge on any atom is 0.288 e. The lowest BCUT2D eigenvalue weighted by atomic mass is 10.3. The molecule has 3 nitrogen and oxygen atoms in total. The first-order valence-electron chi connectivity index (χ1n) is 5.28. The summed E-state index contributed by atoms with van der Waals surface area (Å²) < 4.78 is 1.47. The Hall–Kier alpha value is -1.42. The van der Waals surface area contributed by atoms with Gasteiger partial charge in [0.25, 0.3) is 5.91 Å². The van der Waals surface area contributed by atoms with Crippen molar-refractivity contribution in [2.24, 2.45) is 0 Å². The fourth-order valence-corrected chi connectivity index (χ4v) is 2.49. The molecule has 0 aromatic carbocycles. The van der Waals surface area contributed by atoms with E-state index in [1.54, 1.807) is 11.3 Å². The van der Waals surface area contributed by atoms with Crippen LogP contribution >= 0.6 is 11.3 Å². The van der Waals surface area contributed by atoms with Gasteiger partial charge >= 0.3 is 0 Å². The lowest BCUT2D eigenvalue weighted by Crippen LogP contribution is -2.13. The summed E-state index contributed by atoms with van der Waals surface area (Å²) in [5.41, 5.74) is 1.76. The average molecular weight is 234 g/mol. The molecule has 0 fully saturated rings. The van der Waals surface area contributed by atoms with Crippen LogP contribution in [0.4, 0.5) is 0 Å². The third kappa shape index (κ3) is 1.93. The van der Waals surface area contributed by atoms with E-state index in [0.29, 0.717) is 0 Å². The van der Waals surface area contributed by atoms with Gasteiger partial charge in [-0.3, -0.25) is 4.79 Å². The molecule has 0 aliphatic heterocycles. The van der Waals surface area contributed by atoms with E-state index in [-0.39, 0.29) is 5.91 Å². The molecule has 4 heteroatoms. The number of hydrogen-bond donors (Lipinski definition) is 0. The first-order chi connectivity index (χ1) is 7.61. The first-order valence-corrected chi connectivity index (χ1v) is 6.10. The van der Waals surface area contributed by atoms with Crippen LogP contribution in [0.25, 0.3) is 0 Å². The maximum absolute atomic E-state index is 12.1. The van der Waals surface area contributed by atoms with Crippen LogP contribution in [0.3, 0.4) is 0 Å².